The van der Waals surface area contributed by atoms with Crippen LogP contribution >= 0.6 is 11.3 Å². The van der Waals surface area contributed by atoms with Crippen LogP contribution in [0.3, 0.4) is 0 Å². The van der Waals surface area contributed by atoms with Crippen molar-refractivity contribution in [2.24, 2.45) is 0 Å². The molecule has 1 fully saturated rings. The largest absolute Gasteiger partial charge is 0.507 e. The third kappa shape index (κ3) is 3.22. The molecule has 5 nitrogen and oxygen atoms in total. The second kappa shape index (κ2) is 7.76. The Morgan fingerprint density at radius 1 is 1.12 bits per heavy atom. The van der Waals surface area contributed by atoms with Crippen molar-refractivity contribution in [3.8, 4) is 0 Å². The Balaban J connectivity index is 1.68. The summed E-state index contributed by atoms with van der Waals surface area (Å²) in [5, 5.41) is 13.9. The van der Waals surface area contributed by atoms with Crippen molar-refractivity contribution in [3.05, 3.63) is 99.1 Å². The number of aliphatic hydroxyl groups is 1. The van der Waals surface area contributed by atoms with Crippen molar-refractivity contribution < 1.29 is 19.1 Å². The lowest BCUT2D eigenvalue weighted by Crippen LogP contribution is -2.29. The quantitative estimate of drug-likeness (QED) is 0.254. The SMILES string of the molecule is Cc1ccsc1C1/C(=C(\O)c2c[nH]c3ccccc23)C(=O)C(=O)N1Cc1ccc(F)cc1. The number of thiophene rings is 1. The van der Waals surface area contributed by atoms with Gasteiger partial charge in [-0.2, -0.15) is 0 Å². The van der Waals surface area contributed by atoms with Gasteiger partial charge in [-0.3, -0.25) is 9.59 Å². The van der Waals surface area contributed by atoms with Gasteiger partial charge in [-0.05, 0) is 47.7 Å². The summed E-state index contributed by atoms with van der Waals surface area (Å²) in [6.07, 6.45) is 1.64. The molecule has 5 rings (SSSR count). The number of amides is 1. The van der Waals surface area contributed by atoms with Crippen molar-refractivity contribution in [3.63, 3.8) is 0 Å². The number of benzene rings is 2. The molecular formula is C25H19FN2O3S. The first kappa shape index (κ1) is 20.2. The van der Waals surface area contributed by atoms with E-state index >= 15 is 0 Å². The molecule has 0 saturated carbocycles. The van der Waals surface area contributed by atoms with E-state index < -0.39 is 17.7 Å². The number of rotatable bonds is 4. The van der Waals surface area contributed by atoms with Gasteiger partial charge in [0.1, 0.15) is 17.6 Å². The molecule has 0 aliphatic carbocycles. The molecule has 1 amide bonds. The fraction of sp³-hybridized carbons (Fsp3) is 0.120. The van der Waals surface area contributed by atoms with Gasteiger partial charge in [-0.25, -0.2) is 4.39 Å². The van der Waals surface area contributed by atoms with Crippen LogP contribution in [0, 0.1) is 12.7 Å². The van der Waals surface area contributed by atoms with Crippen LogP contribution in [0.25, 0.3) is 16.7 Å². The Bertz CT molecular complexity index is 1380. The molecule has 0 bridgehead atoms. The predicted octanol–water partition coefficient (Wildman–Crippen LogP) is 5.30. The molecule has 1 aliphatic rings. The fourth-order valence-corrected chi connectivity index (χ4v) is 5.23. The summed E-state index contributed by atoms with van der Waals surface area (Å²) in [7, 11) is 0. The summed E-state index contributed by atoms with van der Waals surface area (Å²) in [4.78, 5) is 31.6. The fourth-order valence-electron chi connectivity index (χ4n) is 4.18. The zero-order valence-corrected chi connectivity index (χ0v) is 17.9. The summed E-state index contributed by atoms with van der Waals surface area (Å²) in [6.45, 7) is 2.03. The highest BCUT2D eigenvalue weighted by atomic mass is 32.1. The van der Waals surface area contributed by atoms with Crippen LogP contribution in [0.2, 0.25) is 0 Å². The normalized spacial score (nSPS) is 18.1. The number of aromatic nitrogens is 1. The summed E-state index contributed by atoms with van der Waals surface area (Å²) in [5.41, 5.74) is 2.97. The molecule has 3 heterocycles. The first-order chi connectivity index (χ1) is 15.5. The topological polar surface area (TPSA) is 73.4 Å². The van der Waals surface area contributed by atoms with E-state index in [2.05, 4.69) is 4.98 Å². The van der Waals surface area contributed by atoms with Crippen LogP contribution in [-0.2, 0) is 16.1 Å². The van der Waals surface area contributed by atoms with Crippen molar-refractivity contribution in [2.45, 2.75) is 19.5 Å². The van der Waals surface area contributed by atoms with Crippen LogP contribution in [0.4, 0.5) is 4.39 Å². The summed E-state index contributed by atoms with van der Waals surface area (Å²) in [5.74, 6) is -2.00. The lowest BCUT2D eigenvalue weighted by molar-refractivity contribution is -0.140. The monoisotopic (exact) mass is 446 g/mol. The lowest BCUT2D eigenvalue weighted by Gasteiger charge is -2.25. The Morgan fingerprint density at radius 2 is 1.88 bits per heavy atom. The van der Waals surface area contributed by atoms with E-state index in [1.807, 2.05) is 42.6 Å². The molecule has 7 heteroatoms. The Morgan fingerprint density at radius 3 is 2.59 bits per heavy atom. The van der Waals surface area contributed by atoms with E-state index in [1.165, 1.54) is 28.4 Å². The standard InChI is InChI=1S/C25H19FN2O3S/c1-14-10-11-32-24(14)21-20(22(29)18-12-27-19-5-3-2-4-17(18)19)23(30)25(31)28(21)13-15-6-8-16(26)9-7-15/h2-12,21,27,29H,13H2,1H3/b22-20+. The van der Waals surface area contributed by atoms with Crippen LogP contribution in [0.1, 0.15) is 27.6 Å². The molecule has 1 saturated heterocycles. The van der Waals surface area contributed by atoms with E-state index in [0.29, 0.717) is 11.1 Å². The zero-order chi connectivity index (χ0) is 22.4. The van der Waals surface area contributed by atoms with Gasteiger partial charge in [0.25, 0.3) is 11.7 Å². The van der Waals surface area contributed by atoms with Crippen LogP contribution in [0.5, 0.6) is 0 Å². The minimum Gasteiger partial charge on any atom is -0.507 e. The van der Waals surface area contributed by atoms with E-state index in [9.17, 15) is 19.1 Å². The van der Waals surface area contributed by atoms with Gasteiger partial charge >= 0.3 is 0 Å². The molecule has 2 aromatic heterocycles. The highest BCUT2D eigenvalue weighted by Gasteiger charge is 2.47. The zero-order valence-electron chi connectivity index (χ0n) is 17.1. The number of carbonyl (C=O) groups is 2. The van der Waals surface area contributed by atoms with Crippen LogP contribution in [0.15, 0.2) is 71.7 Å². The molecular weight excluding hydrogens is 427 g/mol. The van der Waals surface area contributed by atoms with Crippen LogP contribution in [-0.4, -0.2) is 26.7 Å². The van der Waals surface area contributed by atoms with E-state index in [0.717, 1.165) is 21.3 Å². The van der Waals surface area contributed by atoms with E-state index in [1.54, 1.807) is 18.3 Å². The Kier molecular flexibility index (Phi) is 4.90. The maximum Gasteiger partial charge on any atom is 0.295 e. The number of H-pyrrole nitrogens is 1. The third-order valence-corrected chi connectivity index (χ3v) is 6.87. The number of ketones is 1. The van der Waals surface area contributed by atoms with Gasteiger partial charge in [-0.1, -0.05) is 30.3 Å². The van der Waals surface area contributed by atoms with Gasteiger partial charge in [0.15, 0.2) is 0 Å². The first-order valence-corrected chi connectivity index (χ1v) is 11.0. The smallest absolute Gasteiger partial charge is 0.295 e. The van der Waals surface area contributed by atoms with Crippen molar-refractivity contribution in [1.29, 1.82) is 0 Å². The average Bonchev–Trinajstić information content (AvgIpc) is 3.47. The van der Waals surface area contributed by atoms with Crippen molar-refractivity contribution in [1.82, 2.24) is 9.88 Å². The number of hydrogen-bond donors (Lipinski definition) is 2. The van der Waals surface area contributed by atoms with Crippen molar-refractivity contribution >= 4 is 39.7 Å². The molecule has 0 spiro atoms. The molecule has 1 atom stereocenters. The summed E-state index contributed by atoms with van der Waals surface area (Å²) >= 11 is 1.43. The molecule has 32 heavy (non-hydrogen) atoms. The number of aromatic amines is 1. The van der Waals surface area contributed by atoms with Gasteiger partial charge in [-0.15, -0.1) is 11.3 Å². The first-order valence-electron chi connectivity index (χ1n) is 10.1. The van der Waals surface area contributed by atoms with Gasteiger partial charge in [0.2, 0.25) is 0 Å². The molecule has 4 aromatic rings. The van der Waals surface area contributed by atoms with E-state index in [4.69, 9.17) is 0 Å². The second-order valence-corrected chi connectivity index (χ2v) is 8.72. The third-order valence-electron chi connectivity index (χ3n) is 5.80. The maximum atomic E-state index is 13.4. The molecule has 2 aromatic carbocycles. The molecule has 1 unspecified atom stereocenters. The average molecular weight is 447 g/mol. The lowest BCUT2D eigenvalue weighted by atomic mass is 9.98. The molecule has 2 N–H and O–H groups in total. The van der Waals surface area contributed by atoms with Crippen molar-refractivity contribution in [2.75, 3.05) is 0 Å². The summed E-state index contributed by atoms with van der Waals surface area (Å²) in [6, 6.07) is 14.5. The number of para-hydroxylation sites is 1. The number of aryl methyl sites for hydroxylation is 1. The number of fused-ring (bicyclic) bond motifs is 1. The molecule has 1 aliphatic heterocycles. The molecule has 0 radical (unpaired) electrons. The number of hydrogen-bond acceptors (Lipinski definition) is 4. The number of Topliss-reactive ketones (excluding diaryl/α,β-unsaturated/α-hetero) is 1. The van der Waals surface area contributed by atoms with Crippen LogP contribution < -0.4 is 0 Å². The molecule has 160 valence electrons. The summed E-state index contributed by atoms with van der Waals surface area (Å²) < 4.78 is 13.4. The number of nitrogens with zero attached hydrogens (tertiary/aromatic N) is 1. The van der Waals surface area contributed by atoms with E-state index in [-0.39, 0.29) is 23.7 Å². The number of aliphatic hydroxyl groups excluding tert-OH is 1. The number of likely N-dealkylation sites (tertiary alicyclic amines) is 1. The highest BCUT2D eigenvalue weighted by molar-refractivity contribution is 7.10. The van der Waals surface area contributed by atoms with Gasteiger partial charge in [0.05, 0.1) is 5.57 Å². The minimum atomic E-state index is -0.729. The Labute approximate surface area is 187 Å². The van der Waals surface area contributed by atoms with Gasteiger partial charge < -0.3 is 15.0 Å². The maximum absolute atomic E-state index is 13.4. The number of nitrogens with one attached hydrogen (secondary N) is 1. The second-order valence-electron chi connectivity index (χ2n) is 7.77. The number of carbonyl (C=O) groups excluding carboxylic acids is 2. The predicted molar refractivity (Wildman–Crippen MR) is 122 cm³/mol. The minimum absolute atomic E-state index is 0.0624. The number of halogens is 1. The Hall–Kier alpha value is -3.71. The highest BCUT2D eigenvalue weighted by Crippen LogP contribution is 2.44. The van der Waals surface area contributed by atoms with Gasteiger partial charge in [0, 0.05) is 34.1 Å².